The van der Waals surface area contributed by atoms with Crippen LogP contribution in [-0.4, -0.2) is 0 Å². The molecule has 1 heteroatoms. The third-order valence-electron chi connectivity index (χ3n) is 7.21. The Morgan fingerprint density at radius 1 is 0.750 bits per heavy atom. The Labute approximate surface area is 169 Å². The Balaban J connectivity index is 1.91. The monoisotopic (exact) mass is 529 g/mol. The van der Waals surface area contributed by atoms with E-state index in [-0.39, 0.29) is 0 Å². The molecule has 2 aliphatic carbocycles. The number of allylic oxidation sites excluding steroid dienone is 5. The molecule has 0 N–H and O–H groups in total. The average Bonchev–Trinajstić information content (AvgIpc) is 3.46. The number of hydrogen-bond acceptors (Lipinski definition) is 0. The summed E-state index contributed by atoms with van der Waals surface area (Å²) in [5.41, 5.74) is 2.89. The molecule has 0 aromatic heterocycles. The molecule has 0 saturated heterocycles. The number of rotatable bonds is 4. The molecule has 0 heterocycles. The van der Waals surface area contributed by atoms with Gasteiger partial charge in [-0.25, -0.2) is 0 Å². The van der Waals surface area contributed by atoms with Crippen molar-refractivity contribution in [3.05, 3.63) is 124 Å². The maximum absolute atomic E-state index is 4.12. The van der Waals surface area contributed by atoms with Crippen LogP contribution in [0, 0.1) is 0 Å². The topological polar surface area (TPSA) is 0 Å². The summed E-state index contributed by atoms with van der Waals surface area (Å²) in [5, 5.41) is 0. The van der Waals surface area contributed by atoms with Crippen LogP contribution in [-0.2, 0) is 18.5 Å². The predicted molar refractivity (Wildman–Crippen MR) is 118 cm³/mol. The van der Waals surface area contributed by atoms with E-state index in [4.69, 9.17) is 0 Å². The molecule has 3 aromatic carbocycles. The number of benzene rings is 3. The van der Waals surface area contributed by atoms with E-state index in [0.717, 1.165) is 6.42 Å². The van der Waals surface area contributed by atoms with Crippen LogP contribution in [0.15, 0.2) is 113 Å². The van der Waals surface area contributed by atoms with Gasteiger partial charge in [0.1, 0.15) is 0 Å². The minimum atomic E-state index is -4.12. The van der Waals surface area contributed by atoms with Crippen LogP contribution in [0.2, 0.25) is 4.68 Å². The quantitative estimate of drug-likeness (QED) is 0.366. The molecule has 0 aliphatic heterocycles. The molecule has 2 aliphatic rings. The zero-order valence-corrected chi connectivity index (χ0v) is 19.8. The third-order valence-corrected chi connectivity index (χ3v) is 35.0. The van der Waals surface area contributed by atoms with Gasteiger partial charge in [-0.1, -0.05) is 0 Å². The summed E-state index contributed by atoms with van der Waals surface area (Å²) in [6.45, 7) is 0. The van der Waals surface area contributed by atoms with E-state index in [2.05, 4.69) is 120 Å². The molecule has 5 rings (SSSR count). The van der Waals surface area contributed by atoms with E-state index in [0.29, 0.717) is 3.67 Å². The maximum atomic E-state index is 2.68. The zero-order chi connectivity index (χ0) is 19.1. The van der Waals surface area contributed by atoms with Gasteiger partial charge < -0.3 is 0 Å². The Morgan fingerprint density at radius 2 is 1.36 bits per heavy atom. The first kappa shape index (κ1) is 17.8. The fraction of sp³-hybridized carbons (Fsp3) is 0.111. The van der Waals surface area contributed by atoms with Crippen molar-refractivity contribution in [2.24, 2.45) is 0 Å². The molecular formula is C27H25Hf. The van der Waals surface area contributed by atoms with E-state index in [9.17, 15) is 0 Å². The SMILES string of the molecule is [CH3][Hf]([C]1=CC=CC1)([c]1ccccc1)([c]1ccccc1)[CH]1C=Cc2ccccc21. The molecule has 0 nitrogen and oxygen atoms in total. The molecular weight excluding hydrogens is 503 g/mol. The van der Waals surface area contributed by atoms with Gasteiger partial charge >= 0.3 is 170 Å². The van der Waals surface area contributed by atoms with Gasteiger partial charge in [-0.05, 0) is 0 Å². The van der Waals surface area contributed by atoms with E-state index >= 15 is 0 Å². The molecule has 0 saturated carbocycles. The van der Waals surface area contributed by atoms with Gasteiger partial charge in [-0.2, -0.15) is 0 Å². The third kappa shape index (κ3) is 2.32. The van der Waals surface area contributed by atoms with E-state index in [1.807, 2.05) is 0 Å². The molecule has 0 spiro atoms. The molecule has 3 aromatic rings. The summed E-state index contributed by atoms with van der Waals surface area (Å²) in [6.07, 6.45) is 13.0. The van der Waals surface area contributed by atoms with E-state index < -0.39 is 18.5 Å². The van der Waals surface area contributed by atoms with Gasteiger partial charge in [-0.15, -0.1) is 0 Å². The number of fused-ring (bicyclic) bond motifs is 1. The van der Waals surface area contributed by atoms with E-state index in [1.165, 1.54) is 11.1 Å². The van der Waals surface area contributed by atoms with Crippen molar-refractivity contribution in [2.45, 2.75) is 14.8 Å². The molecule has 28 heavy (non-hydrogen) atoms. The fourth-order valence-electron chi connectivity index (χ4n) is 5.64. The molecule has 0 bridgehead atoms. The molecule has 0 amide bonds. The Morgan fingerprint density at radius 3 is 1.96 bits per heavy atom. The standard InChI is InChI=1S/C9H7.2C6H5.C5H5.CH3.Hf/c1-2-5-9-7-3-6-8(9)4-1;2*1-2-4-6-5-3-1;1-2-4-5-3-1;;/h1-7H;2*1-5H;1-3H,4H2;1H3;. The van der Waals surface area contributed by atoms with Crippen molar-refractivity contribution < 1.29 is 18.5 Å². The van der Waals surface area contributed by atoms with Gasteiger partial charge in [0.2, 0.25) is 0 Å². The Bertz CT molecular complexity index is 1060. The van der Waals surface area contributed by atoms with Crippen molar-refractivity contribution in [1.82, 2.24) is 0 Å². The second-order valence-corrected chi connectivity index (χ2v) is 30.3. The Hall–Kier alpha value is -2.25. The molecule has 0 fully saturated rings. The van der Waals surface area contributed by atoms with Crippen molar-refractivity contribution >= 4 is 12.7 Å². The summed E-state index contributed by atoms with van der Waals surface area (Å²) in [4.78, 5) is 0. The number of hydrogen-bond donors (Lipinski definition) is 0. The van der Waals surface area contributed by atoms with Crippen LogP contribution in [0.1, 0.15) is 21.2 Å². The van der Waals surface area contributed by atoms with Crippen LogP contribution in [0.3, 0.4) is 0 Å². The van der Waals surface area contributed by atoms with Crippen molar-refractivity contribution in [3.8, 4) is 0 Å². The fourth-order valence-corrected chi connectivity index (χ4v) is 31.1. The van der Waals surface area contributed by atoms with Crippen LogP contribution in [0.5, 0.6) is 0 Å². The van der Waals surface area contributed by atoms with Gasteiger partial charge in [0.05, 0.1) is 0 Å². The van der Waals surface area contributed by atoms with Crippen molar-refractivity contribution in [2.75, 3.05) is 0 Å². The summed E-state index contributed by atoms with van der Waals surface area (Å²) in [6, 6.07) is 31.8. The van der Waals surface area contributed by atoms with Gasteiger partial charge in [-0.3, -0.25) is 0 Å². The summed E-state index contributed by atoms with van der Waals surface area (Å²) >= 11 is -4.12. The van der Waals surface area contributed by atoms with Crippen LogP contribution >= 0.6 is 0 Å². The second-order valence-electron chi connectivity index (χ2n) is 8.37. The van der Waals surface area contributed by atoms with Gasteiger partial charge in [0.25, 0.3) is 0 Å². The summed E-state index contributed by atoms with van der Waals surface area (Å²) < 4.78 is 7.92. The van der Waals surface area contributed by atoms with Crippen LogP contribution in [0.25, 0.3) is 6.08 Å². The minimum absolute atomic E-state index is 0.448. The first-order valence-corrected chi connectivity index (χ1v) is 21.2. The van der Waals surface area contributed by atoms with Gasteiger partial charge in [0.15, 0.2) is 0 Å². The predicted octanol–water partition coefficient (Wildman–Crippen LogP) is 5.99. The van der Waals surface area contributed by atoms with Crippen molar-refractivity contribution in [1.29, 1.82) is 0 Å². The van der Waals surface area contributed by atoms with Crippen LogP contribution < -0.4 is 6.64 Å². The molecule has 0 radical (unpaired) electrons. The van der Waals surface area contributed by atoms with E-state index in [1.54, 1.807) is 9.97 Å². The normalized spacial score (nSPS) is 19.1. The molecule has 1 unspecified atom stereocenters. The summed E-state index contributed by atoms with van der Waals surface area (Å²) in [7, 11) is 0. The second kappa shape index (κ2) is 6.67. The Kier molecular flexibility index (Phi) is 4.25. The van der Waals surface area contributed by atoms with Crippen molar-refractivity contribution in [3.63, 3.8) is 0 Å². The first-order chi connectivity index (χ1) is 13.7. The van der Waals surface area contributed by atoms with Gasteiger partial charge in [0, 0.05) is 0 Å². The average molecular weight is 528 g/mol. The van der Waals surface area contributed by atoms with Crippen LogP contribution in [0.4, 0.5) is 0 Å². The molecule has 1 atom stereocenters. The summed E-state index contributed by atoms with van der Waals surface area (Å²) in [5.74, 6) is 0. The molecule has 137 valence electrons. The first-order valence-electron chi connectivity index (χ1n) is 10.1. The zero-order valence-electron chi connectivity index (χ0n) is 16.3.